The van der Waals surface area contributed by atoms with Gasteiger partial charge in [-0.2, -0.15) is 0 Å². The zero-order valence-corrected chi connectivity index (χ0v) is 17.7. The number of rotatable bonds is 6. The van der Waals surface area contributed by atoms with Crippen molar-refractivity contribution in [1.82, 2.24) is 4.98 Å². The van der Waals surface area contributed by atoms with Gasteiger partial charge in [0.25, 0.3) is 10.0 Å². The molecule has 9 heteroatoms. The summed E-state index contributed by atoms with van der Waals surface area (Å²) >= 11 is 1.20. The van der Waals surface area contributed by atoms with Crippen LogP contribution in [0.2, 0.25) is 0 Å². The second-order valence-corrected chi connectivity index (χ2v) is 9.56. The van der Waals surface area contributed by atoms with Crippen LogP contribution in [-0.4, -0.2) is 32.5 Å². The Morgan fingerprint density at radius 3 is 2.37 bits per heavy atom. The van der Waals surface area contributed by atoms with Crippen LogP contribution in [0.5, 0.6) is 0 Å². The molecule has 30 heavy (non-hydrogen) atoms. The Bertz CT molecular complexity index is 1090. The molecule has 1 aliphatic heterocycles. The second-order valence-electron chi connectivity index (χ2n) is 6.98. The van der Waals surface area contributed by atoms with Gasteiger partial charge in [-0.3, -0.25) is 9.52 Å². The molecular formula is C21H21N3O4S2. The summed E-state index contributed by atoms with van der Waals surface area (Å²) in [6.45, 7) is 1.03. The van der Waals surface area contributed by atoms with Crippen molar-refractivity contribution >= 4 is 38.1 Å². The number of nitrogens with one attached hydrogen (secondary N) is 2. The summed E-state index contributed by atoms with van der Waals surface area (Å²) in [5.41, 5.74) is 0.823. The van der Waals surface area contributed by atoms with E-state index in [0.717, 1.165) is 5.56 Å². The van der Waals surface area contributed by atoms with E-state index in [1.54, 1.807) is 17.5 Å². The summed E-state index contributed by atoms with van der Waals surface area (Å²) in [5, 5.41) is 4.95. The Kier molecular flexibility index (Phi) is 5.85. The van der Waals surface area contributed by atoms with Gasteiger partial charge in [0, 0.05) is 30.5 Å². The Morgan fingerprint density at radius 1 is 1.03 bits per heavy atom. The minimum atomic E-state index is -3.74. The minimum absolute atomic E-state index is 0.0968. The van der Waals surface area contributed by atoms with Gasteiger partial charge in [-0.1, -0.05) is 30.3 Å². The van der Waals surface area contributed by atoms with Crippen LogP contribution in [0.4, 0.5) is 10.8 Å². The molecule has 1 aromatic heterocycles. The molecule has 0 aliphatic carbocycles. The average Bonchev–Trinajstić information content (AvgIpc) is 3.27. The number of thiazole rings is 1. The maximum atomic E-state index is 13.3. The maximum Gasteiger partial charge on any atom is 0.263 e. The van der Waals surface area contributed by atoms with E-state index in [0.29, 0.717) is 36.9 Å². The summed E-state index contributed by atoms with van der Waals surface area (Å²) in [5.74, 6) is -0.117. The van der Waals surface area contributed by atoms with Gasteiger partial charge in [0.05, 0.1) is 10.3 Å². The number of nitrogens with zero attached hydrogens (tertiary/aromatic N) is 1. The van der Waals surface area contributed by atoms with Crippen molar-refractivity contribution in [2.24, 2.45) is 0 Å². The molecule has 3 aromatic rings. The van der Waals surface area contributed by atoms with Crippen LogP contribution in [0.3, 0.4) is 0 Å². The summed E-state index contributed by atoms with van der Waals surface area (Å²) in [6, 6.07) is 15.8. The third-order valence-corrected chi connectivity index (χ3v) is 7.36. The molecule has 4 rings (SSSR count). The molecule has 0 atom stereocenters. The van der Waals surface area contributed by atoms with Crippen molar-refractivity contribution in [3.63, 3.8) is 0 Å². The molecule has 0 bridgehead atoms. The molecular weight excluding hydrogens is 422 g/mol. The van der Waals surface area contributed by atoms with E-state index in [4.69, 9.17) is 4.74 Å². The Balaban J connectivity index is 1.53. The number of benzene rings is 2. The Labute approximate surface area is 179 Å². The van der Waals surface area contributed by atoms with E-state index in [-0.39, 0.29) is 10.8 Å². The highest BCUT2D eigenvalue weighted by Crippen LogP contribution is 2.36. The van der Waals surface area contributed by atoms with Gasteiger partial charge in [-0.15, -0.1) is 11.3 Å². The van der Waals surface area contributed by atoms with Crippen LogP contribution in [0.25, 0.3) is 0 Å². The number of ether oxygens (including phenoxy) is 1. The molecule has 1 aliphatic rings. The lowest BCUT2D eigenvalue weighted by atomic mass is 9.73. The minimum Gasteiger partial charge on any atom is -0.381 e. The largest absolute Gasteiger partial charge is 0.381 e. The zero-order valence-electron chi connectivity index (χ0n) is 16.1. The van der Waals surface area contributed by atoms with Gasteiger partial charge in [0.1, 0.15) is 0 Å². The monoisotopic (exact) mass is 443 g/mol. The molecule has 156 valence electrons. The quantitative estimate of drug-likeness (QED) is 0.606. The van der Waals surface area contributed by atoms with Crippen LogP contribution in [-0.2, 0) is 25.0 Å². The first-order chi connectivity index (χ1) is 14.5. The molecule has 7 nitrogen and oxygen atoms in total. The molecule has 2 aromatic carbocycles. The van der Waals surface area contributed by atoms with E-state index in [9.17, 15) is 13.2 Å². The first-order valence-corrected chi connectivity index (χ1v) is 11.8. The first-order valence-electron chi connectivity index (χ1n) is 9.47. The maximum absolute atomic E-state index is 13.3. The molecule has 2 N–H and O–H groups in total. The van der Waals surface area contributed by atoms with Crippen LogP contribution >= 0.6 is 11.3 Å². The standard InChI is InChI=1S/C21H21N3O4S2/c25-19(21(10-13-28-14-11-21)16-4-2-1-3-5-16)23-17-6-8-18(9-7-17)30(26,27)24-20-22-12-15-29-20/h1-9,12,15H,10-11,13-14H2,(H,22,24)(H,23,25). The van der Waals surface area contributed by atoms with Crippen molar-refractivity contribution in [3.05, 3.63) is 71.7 Å². The summed E-state index contributed by atoms with van der Waals surface area (Å²) in [4.78, 5) is 17.3. The first kappa shape index (κ1) is 20.5. The Hall–Kier alpha value is -2.75. The number of amides is 1. The highest BCUT2D eigenvalue weighted by molar-refractivity contribution is 7.93. The van der Waals surface area contributed by atoms with E-state index in [1.807, 2.05) is 30.3 Å². The van der Waals surface area contributed by atoms with Gasteiger partial charge < -0.3 is 10.1 Å². The molecule has 0 saturated carbocycles. The summed E-state index contributed by atoms with van der Waals surface area (Å²) < 4.78 is 32.9. The van der Waals surface area contributed by atoms with E-state index < -0.39 is 15.4 Å². The van der Waals surface area contributed by atoms with Crippen molar-refractivity contribution in [1.29, 1.82) is 0 Å². The third kappa shape index (κ3) is 4.23. The molecule has 2 heterocycles. The van der Waals surface area contributed by atoms with E-state index in [1.165, 1.54) is 29.7 Å². The number of hydrogen-bond donors (Lipinski definition) is 2. The molecule has 1 saturated heterocycles. The molecule has 1 fully saturated rings. The topological polar surface area (TPSA) is 97.4 Å². The lowest BCUT2D eigenvalue weighted by Gasteiger charge is -2.36. The van der Waals surface area contributed by atoms with Crippen molar-refractivity contribution < 1.29 is 17.9 Å². The number of sulfonamides is 1. The molecule has 0 spiro atoms. The number of aromatic nitrogens is 1. The van der Waals surface area contributed by atoms with Crippen molar-refractivity contribution in [2.45, 2.75) is 23.2 Å². The van der Waals surface area contributed by atoms with Gasteiger partial charge in [0.2, 0.25) is 5.91 Å². The van der Waals surface area contributed by atoms with Crippen molar-refractivity contribution in [2.75, 3.05) is 23.3 Å². The van der Waals surface area contributed by atoms with Gasteiger partial charge in [-0.05, 0) is 42.7 Å². The highest BCUT2D eigenvalue weighted by atomic mass is 32.2. The highest BCUT2D eigenvalue weighted by Gasteiger charge is 2.41. The smallest absolute Gasteiger partial charge is 0.263 e. The van der Waals surface area contributed by atoms with Crippen LogP contribution < -0.4 is 10.0 Å². The second kappa shape index (κ2) is 8.55. The summed E-state index contributed by atoms with van der Waals surface area (Å²) in [7, 11) is -3.74. The number of anilines is 2. The number of hydrogen-bond acceptors (Lipinski definition) is 6. The van der Waals surface area contributed by atoms with Crippen molar-refractivity contribution in [3.8, 4) is 0 Å². The third-order valence-electron chi connectivity index (χ3n) is 5.18. The number of carbonyl (C=O) groups is 1. The van der Waals surface area contributed by atoms with Crippen LogP contribution in [0.15, 0.2) is 71.1 Å². The molecule has 1 amide bonds. The summed E-state index contributed by atoms with van der Waals surface area (Å²) in [6.07, 6.45) is 2.71. The number of carbonyl (C=O) groups excluding carboxylic acids is 1. The predicted molar refractivity (Wildman–Crippen MR) is 116 cm³/mol. The van der Waals surface area contributed by atoms with Crippen LogP contribution in [0.1, 0.15) is 18.4 Å². The van der Waals surface area contributed by atoms with Gasteiger partial charge in [0.15, 0.2) is 5.13 Å². The Morgan fingerprint density at radius 2 is 1.73 bits per heavy atom. The fourth-order valence-corrected chi connectivity index (χ4v) is 5.33. The zero-order chi connectivity index (χ0) is 21.0. The predicted octanol–water partition coefficient (Wildman–Crippen LogP) is 3.63. The fourth-order valence-electron chi connectivity index (χ4n) is 3.54. The van der Waals surface area contributed by atoms with E-state index in [2.05, 4.69) is 15.0 Å². The van der Waals surface area contributed by atoms with E-state index >= 15 is 0 Å². The lowest BCUT2D eigenvalue weighted by Crippen LogP contribution is -2.44. The normalized spacial score (nSPS) is 16.0. The van der Waals surface area contributed by atoms with Gasteiger partial charge in [-0.25, -0.2) is 13.4 Å². The SMILES string of the molecule is O=C(Nc1ccc(S(=O)(=O)Nc2nccs2)cc1)C1(c2ccccc2)CCOCC1. The lowest BCUT2D eigenvalue weighted by molar-refractivity contribution is -0.125. The molecule has 0 unspecified atom stereocenters. The molecule has 0 radical (unpaired) electrons. The fraction of sp³-hybridized carbons (Fsp3) is 0.238. The average molecular weight is 444 g/mol. The van der Waals surface area contributed by atoms with Crippen LogP contribution in [0, 0.1) is 0 Å². The van der Waals surface area contributed by atoms with Gasteiger partial charge >= 0.3 is 0 Å².